The molecule has 0 heterocycles. The van der Waals surface area contributed by atoms with Crippen LogP contribution < -0.4 is 10.5 Å². The predicted octanol–water partition coefficient (Wildman–Crippen LogP) is 0.615. The fourth-order valence-corrected chi connectivity index (χ4v) is 1.93. The third-order valence-electron chi connectivity index (χ3n) is 2.38. The zero-order valence-electron chi connectivity index (χ0n) is 10.2. The van der Waals surface area contributed by atoms with Crippen LogP contribution in [0.1, 0.15) is 23.7 Å². The van der Waals surface area contributed by atoms with Gasteiger partial charge in [-0.1, -0.05) is 12.8 Å². The van der Waals surface area contributed by atoms with Crippen molar-refractivity contribution in [2.45, 2.75) is 24.3 Å². The van der Waals surface area contributed by atoms with E-state index >= 15 is 0 Å². The molecule has 0 bridgehead atoms. The Hall–Kier alpha value is -1.91. The van der Waals surface area contributed by atoms with Crippen molar-refractivity contribution < 1.29 is 17.6 Å². The molecule has 1 unspecified atom stereocenters. The lowest BCUT2D eigenvalue weighted by atomic mass is 10.1. The molecular formula is C12H13FN2O3S. The molecule has 0 fully saturated rings. The van der Waals surface area contributed by atoms with Crippen LogP contribution in [0, 0.1) is 18.2 Å². The number of sulfonamides is 1. The van der Waals surface area contributed by atoms with Gasteiger partial charge in [0.25, 0.3) is 5.91 Å². The molecule has 7 heteroatoms. The molecule has 1 aromatic carbocycles. The number of primary sulfonamides is 1. The molecule has 0 aliphatic rings. The quantitative estimate of drug-likeness (QED) is 0.794. The van der Waals surface area contributed by atoms with E-state index < -0.39 is 32.7 Å². The van der Waals surface area contributed by atoms with Crippen molar-refractivity contribution in [2.24, 2.45) is 5.14 Å². The monoisotopic (exact) mass is 284 g/mol. The smallest absolute Gasteiger partial charge is 0.252 e. The van der Waals surface area contributed by atoms with E-state index in [1.165, 1.54) is 0 Å². The van der Waals surface area contributed by atoms with Crippen molar-refractivity contribution >= 4 is 15.9 Å². The lowest BCUT2D eigenvalue weighted by molar-refractivity contribution is 0.0944. The minimum Gasteiger partial charge on any atom is -0.338 e. The van der Waals surface area contributed by atoms with Crippen molar-refractivity contribution in [3.05, 3.63) is 29.6 Å². The highest BCUT2D eigenvalue weighted by Gasteiger charge is 2.16. The Bertz CT molecular complexity index is 635. The molecule has 0 saturated carbocycles. The number of terminal acetylenes is 1. The summed E-state index contributed by atoms with van der Waals surface area (Å²) in [4.78, 5) is 11.3. The number of carbonyl (C=O) groups excluding carboxylic acids is 1. The number of hydrogen-bond donors (Lipinski definition) is 2. The molecule has 102 valence electrons. The van der Waals surface area contributed by atoms with Crippen molar-refractivity contribution in [2.75, 3.05) is 0 Å². The molecule has 0 aliphatic heterocycles. The number of amides is 1. The average Bonchev–Trinajstić information content (AvgIpc) is 2.33. The summed E-state index contributed by atoms with van der Waals surface area (Å²) in [5, 5.41) is 7.35. The van der Waals surface area contributed by atoms with Crippen LogP contribution in [0.4, 0.5) is 4.39 Å². The van der Waals surface area contributed by atoms with Crippen LogP contribution in [-0.4, -0.2) is 20.4 Å². The molecule has 3 N–H and O–H groups in total. The topological polar surface area (TPSA) is 89.3 Å². The number of nitrogens with two attached hydrogens (primary N) is 1. The SMILES string of the molecule is C#CC(CC)NC(=O)c1cc(F)cc(S(N)(=O)=O)c1. The maximum atomic E-state index is 13.3. The predicted molar refractivity (Wildman–Crippen MR) is 68.2 cm³/mol. The third-order valence-corrected chi connectivity index (χ3v) is 3.27. The first-order valence-corrected chi connectivity index (χ1v) is 6.93. The molecule has 1 aromatic rings. The largest absolute Gasteiger partial charge is 0.338 e. The van der Waals surface area contributed by atoms with Gasteiger partial charge in [-0.3, -0.25) is 4.79 Å². The first-order valence-electron chi connectivity index (χ1n) is 5.38. The van der Waals surface area contributed by atoms with Gasteiger partial charge in [-0.25, -0.2) is 17.9 Å². The van der Waals surface area contributed by atoms with Crippen molar-refractivity contribution in [1.29, 1.82) is 0 Å². The van der Waals surface area contributed by atoms with E-state index in [1.54, 1.807) is 6.92 Å². The molecule has 1 amide bonds. The second kappa shape index (κ2) is 5.82. The van der Waals surface area contributed by atoms with Crippen molar-refractivity contribution in [3.63, 3.8) is 0 Å². The maximum absolute atomic E-state index is 13.3. The van der Waals surface area contributed by atoms with E-state index in [-0.39, 0.29) is 5.56 Å². The van der Waals surface area contributed by atoms with E-state index in [9.17, 15) is 17.6 Å². The second-order valence-electron chi connectivity index (χ2n) is 3.82. The summed E-state index contributed by atoms with van der Waals surface area (Å²) in [6.45, 7) is 1.77. The van der Waals surface area contributed by atoms with Gasteiger partial charge in [-0.05, 0) is 24.6 Å². The Morgan fingerprint density at radius 3 is 2.63 bits per heavy atom. The molecule has 0 saturated heterocycles. The van der Waals surface area contributed by atoms with Gasteiger partial charge in [0, 0.05) is 5.56 Å². The average molecular weight is 284 g/mol. The Kier molecular flexibility index (Phi) is 4.64. The first-order chi connectivity index (χ1) is 8.77. The molecule has 19 heavy (non-hydrogen) atoms. The zero-order chi connectivity index (χ0) is 14.6. The van der Waals surface area contributed by atoms with Crippen LogP contribution in [-0.2, 0) is 10.0 Å². The van der Waals surface area contributed by atoms with E-state index in [4.69, 9.17) is 11.6 Å². The van der Waals surface area contributed by atoms with Gasteiger partial charge in [0.15, 0.2) is 0 Å². The van der Waals surface area contributed by atoms with Crippen LogP contribution in [0.2, 0.25) is 0 Å². The van der Waals surface area contributed by atoms with E-state index in [0.29, 0.717) is 6.42 Å². The number of nitrogens with one attached hydrogen (secondary N) is 1. The Morgan fingerprint density at radius 2 is 2.16 bits per heavy atom. The molecule has 0 spiro atoms. The number of benzene rings is 1. The van der Waals surface area contributed by atoms with E-state index in [2.05, 4.69) is 11.2 Å². The molecular weight excluding hydrogens is 271 g/mol. The fraction of sp³-hybridized carbons (Fsp3) is 0.250. The van der Waals surface area contributed by atoms with Gasteiger partial charge >= 0.3 is 0 Å². The normalized spacial score (nSPS) is 12.5. The minimum absolute atomic E-state index is 0.155. The molecule has 0 aromatic heterocycles. The molecule has 5 nitrogen and oxygen atoms in total. The third kappa shape index (κ3) is 4.05. The van der Waals surface area contributed by atoms with E-state index in [1.807, 2.05) is 0 Å². The highest BCUT2D eigenvalue weighted by atomic mass is 32.2. The van der Waals surface area contributed by atoms with E-state index in [0.717, 1.165) is 18.2 Å². The zero-order valence-corrected chi connectivity index (χ0v) is 11.0. The highest BCUT2D eigenvalue weighted by molar-refractivity contribution is 7.89. The van der Waals surface area contributed by atoms with Crippen molar-refractivity contribution in [1.82, 2.24) is 5.32 Å². The Labute approximate surface area is 111 Å². The Balaban J connectivity index is 3.12. The van der Waals surface area contributed by atoms with Crippen molar-refractivity contribution in [3.8, 4) is 12.3 Å². The van der Waals surface area contributed by atoms with Gasteiger partial charge in [-0.2, -0.15) is 0 Å². The van der Waals surface area contributed by atoms with Crippen LogP contribution in [0.3, 0.4) is 0 Å². The molecule has 0 radical (unpaired) electrons. The fourth-order valence-electron chi connectivity index (χ4n) is 1.36. The van der Waals surface area contributed by atoms with Crippen LogP contribution in [0.5, 0.6) is 0 Å². The standard InChI is InChI=1S/C12H13FN2O3S/c1-3-10(4-2)15-12(16)8-5-9(13)7-11(6-8)19(14,17)18/h1,5-7,10H,4H2,2H3,(H,15,16)(H2,14,17,18). The first kappa shape index (κ1) is 15.1. The Morgan fingerprint density at radius 1 is 1.53 bits per heavy atom. The number of halogens is 1. The summed E-state index contributed by atoms with van der Waals surface area (Å²) in [7, 11) is -4.08. The second-order valence-corrected chi connectivity index (χ2v) is 5.38. The molecule has 1 atom stereocenters. The summed E-state index contributed by atoms with van der Waals surface area (Å²) in [5.41, 5.74) is -0.155. The summed E-state index contributed by atoms with van der Waals surface area (Å²) < 4.78 is 35.6. The summed E-state index contributed by atoms with van der Waals surface area (Å²) in [6, 6.07) is 2.14. The van der Waals surface area contributed by atoms with Gasteiger partial charge in [0.05, 0.1) is 10.9 Å². The number of carbonyl (C=O) groups is 1. The molecule has 0 aliphatic carbocycles. The summed E-state index contributed by atoms with van der Waals surface area (Å²) >= 11 is 0. The number of rotatable bonds is 4. The lowest BCUT2D eigenvalue weighted by Crippen LogP contribution is -2.33. The van der Waals surface area contributed by atoms with Gasteiger partial charge in [0.2, 0.25) is 10.0 Å². The van der Waals surface area contributed by atoms with Gasteiger partial charge < -0.3 is 5.32 Å². The highest BCUT2D eigenvalue weighted by Crippen LogP contribution is 2.13. The lowest BCUT2D eigenvalue weighted by Gasteiger charge is -2.11. The molecule has 1 rings (SSSR count). The maximum Gasteiger partial charge on any atom is 0.252 e. The van der Waals surface area contributed by atoms with Gasteiger partial charge in [0.1, 0.15) is 5.82 Å². The van der Waals surface area contributed by atoms with Crippen LogP contribution in [0.25, 0.3) is 0 Å². The van der Waals surface area contributed by atoms with Crippen LogP contribution >= 0.6 is 0 Å². The summed E-state index contributed by atoms with van der Waals surface area (Å²) in [5.74, 6) is 0.815. The van der Waals surface area contributed by atoms with Crippen LogP contribution in [0.15, 0.2) is 23.1 Å². The van der Waals surface area contributed by atoms with Gasteiger partial charge in [-0.15, -0.1) is 6.42 Å². The number of hydrogen-bond acceptors (Lipinski definition) is 3. The summed E-state index contributed by atoms with van der Waals surface area (Å²) in [6.07, 6.45) is 5.68. The minimum atomic E-state index is -4.08.